The highest BCUT2D eigenvalue weighted by Gasteiger charge is 2.31. The highest BCUT2D eigenvalue weighted by Crippen LogP contribution is 2.15. The molecule has 0 radical (unpaired) electrons. The summed E-state index contributed by atoms with van der Waals surface area (Å²) in [5.41, 5.74) is 0. The number of hydrogen-bond donors (Lipinski definition) is 0. The van der Waals surface area contributed by atoms with Gasteiger partial charge in [-0.15, -0.1) is 0 Å². The maximum Gasteiger partial charge on any atom is 0.422 e. The van der Waals surface area contributed by atoms with E-state index in [-0.39, 0.29) is 6.42 Å². The minimum Gasteiger partial charge on any atom is -0.455 e. The van der Waals surface area contributed by atoms with E-state index in [9.17, 15) is 22.8 Å². The Morgan fingerprint density at radius 3 is 2.21 bits per heavy atom. The quantitative estimate of drug-likeness (QED) is 0.526. The molecule has 0 aromatic heterocycles. The maximum absolute atomic E-state index is 11.6. The molecule has 0 fully saturated rings. The van der Waals surface area contributed by atoms with Crippen molar-refractivity contribution in [3.05, 3.63) is 0 Å². The van der Waals surface area contributed by atoms with Crippen LogP contribution in [-0.4, -0.2) is 24.5 Å². The molecule has 0 aliphatic rings. The van der Waals surface area contributed by atoms with Crippen molar-refractivity contribution >= 4 is 11.8 Å². The number of Topliss-reactive ketones (excluding diaryl/α,β-unsaturated/α-hetero) is 1. The number of halogens is 3. The first-order valence-corrected chi connectivity index (χ1v) is 4.04. The van der Waals surface area contributed by atoms with Crippen LogP contribution in [0, 0.1) is 5.92 Å². The highest BCUT2D eigenvalue weighted by atomic mass is 19.4. The van der Waals surface area contributed by atoms with Crippen molar-refractivity contribution in [2.24, 2.45) is 5.92 Å². The largest absolute Gasteiger partial charge is 0.455 e. The second kappa shape index (κ2) is 4.97. The van der Waals surface area contributed by atoms with E-state index in [1.54, 1.807) is 0 Å². The fourth-order valence-corrected chi connectivity index (χ4v) is 0.716. The van der Waals surface area contributed by atoms with E-state index >= 15 is 0 Å². The van der Waals surface area contributed by atoms with Gasteiger partial charge in [0.15, 0.2) is 6.61 Å². The van der Waals surface area contributed by atoms with Gasteiger partial charge in [0.05, 0.1) is 0 Å². The van der Waals surface area contributed by atoms with Crippen molar-refractivity contribution in [1.29, 1.82) is 0 Å². The van der Waals surface area contributed by atoms with Crippen molar-refractivity contribution in [2.75, 3.05) is 6.61 Å². The predicted molar refractivity (Wildman–Crippen MR) is 41.5 cm³/mol. The van der Waals surface area contributed by atoms with E-state index in [4.69, 9.17) is 0 Å². The normalized spacial score (nSPS) is 13.5. The second-order valence-electron chi connectivity index (χ2n) is 2.76. The van der Waals surface area contributed by atoms with Gasteiger partial charge in [-0.25, -0.2) is 0 Å². The molecule has 0 N–H and O–H groups in total. The summed E-state index contributed by atoms with van der Waals surface area (Å²) in [6.07, 6.45) is -4.45. The number of carbonyl (C=O) groups is 2. The summed E-state index contributed by atoms with van der Waals surface area (Å²) in [6, 6.07) is 0. The average Bonchev–Trinajstić information content (AvgIpc) is 2.10. The molecule has 1 atom stereocenters. The Hall–Kier alpha value is -1.07. The number of esters is 1. The molecule has 0 saturated heterocycles. The lowest BCUT2D eigenvalue weighted by molar-refractivity contribution is -0.189. The summed E-state index contributed by atoms with van der Waals surface area (Å²) in [6.45, 7) is 1.10. The molecular formula is C8H11F3O3. The molecular weight excluding hydrogens is 201 g/mol. The zero-order valence-corrected chi connectivity index (χ0v) is 7.85. The summed E-state index contributed by atoms with van der Waals surface area (Å²) < 4.78 is 38.7. The molecule has 3 nitrogen and oxygen atoms in total. The summed E-state index contributed by atoms with van der Waals surface area (Å²) >= 11 is 0. The van der Waals surface area contributed by atoms with Gasteiger partial charge < -0.3 is 4.74 Å². The summed E-state index contributed by atoms with van der Waals surface area (Å²) in [7, 11) is 0. The van der Waals surface area contributed by atoms with Crippen molar-refractivity contribution in [2.45, 2.75) is 26.4 Å². The van der Waals surface area contributed by atoms with Crippen molar-refractivity contribution in [1.82, 2.24) is 0 Å². The van der Waals surface area contributed by atoms with Gasteiger partial charge in [0.25, 0.3) is 0 Å². The molecule has 6 heteroatoms. The number of ether oxygens (including phenoxy) is 1. The Morgan fingerprint density at radius 2 is 1.86 bits per heavy atom. The topological polar surface area (TPSA) is 43.4 Å². The molecule has 0 aromatic carbocycles. The first-order chi connectivity index (χ1) is 6.28. The Morgan fingerprint density at radius 1 is 1.36 bits per heavy atom. The van der Waals surface area contributed by atoms with Gasteiger partial charge in [0.2, 0.25) is 0 Å². The third kappa shape index (κ3) is 4.84. The molecule has 14 heavy (non-hydrogen) atoms. The van der Waals surface area contributed by atoms with Crippen LogP contribution in [0.15, 0.2) is 0 Å². The Bertz CT molecular complexity index is 222. The number of ketones is 1. The van der Waals surface area contributed by atoms with E-state index in [0.29, 0.717) is 0 Å². The minimum absolute atomic E-state index is 0.0995. The van der Waals surface area contributed by atoms with Crippen LogP contribution in [0.3, 0.4) is 0 Å². The smallest absolute Gasteiger partial charge is 0.422 e. The van der Waals surface area contributed by atoms with Crippen LogP contribution in [0.4, 0.5) is 13.2 Å². The van der Waals surface area contributed by atoms with Crippen LogP contribution >= 0.6 is 0 Å². The van der Waals surface area contributed by atoms with Crippen molar-refractivity contribution in [3.63, 3.8) is 0 Å². The third-order valence-corrected chi connectivity index (χ3v) is 1.56. The zero-order valence-electron chi connectivity index (χ0n) is 7.85. The molecule has 0 aliphatic carbocycles. The van der Waals surface area contributed by atoms with E-state index in [0.717, 1.165) is 0 Å². The lowest BCUT2D eigenvalue weighted by atomic mass is 10.1. The average molecular weight is 212 g/mol. The van der Waals surface area contributed by atoms with Gasteiger partial charge in [-0.2, -0.15) is 13.2 Å². The lowest BCUT2D eigenvalue weighted by Gasteiger charge is -2.11. The van der Waals surface area contributed by atoms with Crippen LogP contribution in [0.1, 0.15) is 20.3 Å². The summed E-state index contributed by atoms with van der Waals surface area (Å²) in [5, 5.41) is 0. The van der Waals surface area contributed by atoms with Gasteiger partial charge in [-0.3, -0.25) is 9.59 Å². The standard InChI is InChI=1S/C8H11F3O3/c1-3-6(12)5(2)7(13)14-4-8(9,10)11/h5H,3-4H2,1-2H3. The lowest BCUT2D eigenvalue weighted by Crippen LogP contribution is -2.27. The molecule has 82 valence electrons. The minimum atomic E-state index is -4.55. The van der Waals surface area contributed by atoms with Gasteiger partial charge in [-0.05, 0) is 6.92 Å². The Labute approximate surface area is 79.2 Å². The number of hydrogen-bond acceptors (Lipinski definition) is 3. The monoisotopic (exact) mass is 212 g/mol. The predicted octanol–water partition coefficient (Wildman–Crippen LogP) is 1.71. The van der Waals surface area contributed by atoms with Crippen molar-refractivity contribution in [3.8, 4) is 0 Å². The number of alkyl halides is 3. The highest BCUT2D eigenvalue weighted by molar-refractivity contribution is 5.98. The molecule has 0 aliphatic heterocycles. The second-order valence-corrected chi connectivity index (χ2v) is 2.76. The molecule has 0 spiro atoms. The Balaban J connectivity index is 4.03. The van der Waals surface area contributed by atoms with E-state index in [2.05, 4.69) is 4.74 Å². The van der Waals surface area contributed by atoms with Crippen LogP contribution in [-0.2, 0) is 14.3 Å². The van der Waals surface area contributed by atoms with Crippen molar-refractivity contribution < 1.29 is 27.5 Å². The van der Waals surface area contributed by atoms with Crippen LogP contribution in [0.25, 0.3) is 0 Å². The molecule has 0 bridgehead atoms. The molecule has 0 aromatic rings. The van der Waals surface area contributed by atoms with E-state index in [1.807, 2.05) is 0 Å². The summed E-state index contributed by atoms with van der Waals surface area (Å²) in [4.78, 5) is 21.7. The van der Waals surface area contributed by atoms with Crippen LogP contribution in [0.2, 0.25) is 0 Å². The molecule has 0 saturated carbocycles. The van der Waals surface area contributed by atoms with E-state index in [1.165, 1.54) is 13.8 Å². The molecule has 1 unspecified atom stereocenters. The molecule has 0 rings (SSSR count). The van der Waals surface area contributed by atoms with Gasteiger partial charge >= 0.3 is 12.1 Å². The first kappa shape index (κ1) is 12.9. The van der Waals surface area contributed by atoms with Gasteiger partial charge in [0, 0.05) is 6.42 Å². The fourth-order valence-electron chi connectivity index (χ4n) is 0.716. The van der Waals surface area contributed by atoms with Crippen LogP contribution in [0.5, 0.6) is 0 Å². The SMILES string of the molecule is CCC(=O)C(C)C(=O)OCC(F)(F)F. The first-order valence-electron chi connectivity index (χ1n) is 4.04. The third-order valence-electron chi connectivity index (χ3n) is 1.56. The van der Waals surface area contributed by atoms with Gasteiger partial charge in [-0.1, -0.05) is 6.92 Å². The number of carbonyl (C=O) groups excluding carboxylic acids is 2. The number of rotatable bonds is 4. The Kier molecular flexibility index (Phi) is 4.59. The van der Waals surface area contributed by atoms with Crippen LogP contribution < -0.4 is 0 Å². The molecule has 0 amide bonds. The summed E-state index contributed by atoms with van der Waals surface area (Å²) in [5.74, 6) is -2.69. The molecule has 0 heterocycles. The maximum atomic E-state index is 11.6. The van der Waals surface area contributed by atoms with Gasteiger partial charge in [0.1, 0.15) is 11.7 Å². The zero-order chi connectivity index (χ0) is 11.4. The van der Waals surface area contributed by atoms with E-state index < -0.39 is 30.5 Å². The fraction of sp³-hybridized carbons (Fsp3) is 0.750.